The number of nitrogens with zero attached hydrogens (tertiary/aromatic N) is 1. The Labute approximate surface area is 151 Å². The topological polar surface area (TPSA) is 105 Å². The zero-order chi connectivity index (χ0) is 18.7. The fourth-order valence-corrected chi connectivity index (χ4v) is 3.23. The first-order valence-electron chi connectivity index (χ1n) is 8.68. The maximum atomic E-state index is 12.8. The van der Waals surface area contributed by atoms with Crippen molar-refractivity contribution < 1.29 is 29.0 Å². The first kappa shape index (κ1) is 18.0. The highest BCUT2D eigenvalue weighted by molar-refractivity contribution is 5.98. The van der Waals surface area contributed by atoms with Crippen LogP contribution in [0.5, 0.6) is 11.5 Å². The van der Waals surface area contributed by atoms with Crippen molar-refractivity contribution >= 4 is 17.8 Å². The molecule has 2 atom stereocenters. The number of nitrogens with one attached hydrogen (secondary N) is 1. The smallest absolute Gasteiger partial charge is 0.303 e. The van der Waals surface area contributed by atoms with Gasteiger partial charge in [0.05, 0.1) is 0 Å². The van der Waals surface area contributed by atoms with E-state index in [1.54, 1.807) is 30.0 Å². The van der Waals surface area contributed by atoms with Crippen LogP contribution in [0.1, 0.15) is 43.0 Å². The van der Waals surface area contributed by atoms with Gasteiger partial charge in [-0.3, -0.25) is 14.4 Å². The van der Waals surface area contributed by atoms with Crippen molar-refractivity contribution in [2.24, 2.45) is 0 Å². The zero-order valence-corrected chi connectivity index (χ0v) is 14.6. The van der Waals surface area contributed by atoms with E-state index in [4.69, 9.17) is 14.6 Å². The van der Waals surface area contributed by atoms with E-state index in [1.165, 1.54) is 0 Å². The summed E-state index contributed by atoms with van der Waals surface area (Å²) < 4.78 is 10.6. The van der Waals surface area contributed by atoms with Crippen molar-refractivity contribution in [3.8, 4) is 11.5 Å². The number of carbonyl (C=O) groups is 3. The third-order valence-electron chi connectivity index (χ3n) is 4.62. The second kappa shape index (κ2) is 7.63. The molecule has 2 amide bonds. The zero-order valence-electron chi connectivity index (χ0n) is 14.6. The first-order chi connectivity index (χ1) is 12.5. The molecule has 3 rings (SSSR count). The maximum absolute atomic E-state index is 12.8. The largest absolute Gasteiger partial charge is 0.481 e. The Morgan fingerprint density at radius 3 is 2.85 bits per heavy atom. The molecule has 0 aliphatic carbocycles. The monoisotopic (exact) mass is 362 g/mol. The Balaban J connectivity index is 1.64. The van der Waals surface area contributed by atoms with Crippen LogP contribution in [0.25, 0.3) is 0 Å². The lowest BCUT2D eigenvalue weighted by Crippen LogP contribution is -2.48. The third-order valence-corrected chi connectivity index (χ3v) is 4.62. The van der Waals surface area contributed by atoms with Crippen molar-refractivity contribution in [2.75, 3.05) is 13.3 Å². The lowest BCUT2D eigenvalue weighted by atomic mass is 10.1. The van der Waals surface area contributed by atoms with Gasteiger partial charge in [0.2, 0.25) is 12.7 Å². The average molecular weight is 362 g/mol. The molecule has 0 radical (unpaired) electrons. The van der Waals surface area contributed by atoms with Gasteiger partial charge in [0, 0.05) is 24.6 Å². The normalized spacial score (nSPS) is 19.3. The molecule has 8 heteroatoms. The molecule has 0 spiro atoms. The summed E-state index contributed by atoms with van der Waals surface area (Å²) in [6.45, 7) is 2.41. The molecule has 1 aromatic rings. The van der Waals surface area contributed by atoms with Crippen molar-refractivity contribution in [3.63, 3.8) is 0 Å². The van der Waals surface area contributed by atoms with E-state index < -0.39 is 12.0 Å². The van der Waals surface area contributed by atoms with Gasteiger partial charge in [-0.1, -0.05) is 0 Å². The van der Waals surface area contributed by atoms with Crippen LogP contribution in [0.15, 0.2) is 18.2 Å². The van der Waals surface area contributed by atoms with E-state index >= 15 is 0 Å². The number of carboxylic acid groups (broad SMARTS) is 1. The van der Waals surface area contributed by atoms with Crippen LogP contribution in [0, 0.1) is 0 Å². The molecule has 2 aliphatic rings. The molecular weight excluding hydrogens is 340 g/mol. The van der Waals surface area contributed by atoms with Gasteiger partial charge in [-0.15, -0.1) is 0 Å². The lowest BCUT2D eigenvalue weighted by molar-refractivity contribution is -0.137. The molecule has 26 heavy (non-hydrogen) atoms. The minimum absolute atomic E-state index is 0.00798. The number of ether oxygens (including phenoxy) is 2. The van der Waals surface area contributed by atoms with Crippen LogP contribution in [-0.2, 0) is 9.59 Å². The number of likely N-dealkylation sites (tertiary alicyclic amines) is 1. The summed E-state index contributed by atoms with van der Waals surface area (Å²) in [5.74, 6) is -0.233. The Morgan fingerprint density at radius 2 is 2.08 bits per heavy atom. The highest BCUT2D eigenvalue weighted by Crippen LogP contribution is 2.33. The number of amides is 2. The SMILES string of the molecule is CC(CCC(=O)O)NC(=O)C1CCCN1C(=O)c1ccc2c(c1)OCO2. The molecule has 2 aliphatic heterocycles. The first-order valence-corrected chi connectivity index (χ1v) is 8.68. The fraction of sp³-hybridized carbons (Fsp3) is 0.500. The quantitative estimate of drug-likeness (QED) is 0.792. The number of aliphatic carboxylic acids is 1. The summed E-state index contributed by atoms with van der Waals surface area (Å²) in [5.41, 5.74) is 0.452. The highest BCUT2D eigenvalue weighted by atomic mass is 16.7. The van der Waals surface area contributed by atoms with Crippen LogP contribution in [0.2, 0.25) is 0 Å². The van der Waals surface area contributed by atoms with Gasteiger partial charge in [-0.05, 0) is 44.4 Å². The number of fused-ring (bicyclic) bond motifs is 1. The highest BCUT2D eigenvalue weighted by Gasteiger charge is 2.35. The molecule has 8 nitrogen and oxygen atoms in total. The molecule has 2 N–H and O–H groups in total. The van der Waals surface area contributed by atoms with Gasteiger partial charge >= 0.3 is 5.97 Å². The number of carboxylic acids is 1. The third kappa shape index (κ3) is 3.89. The van der Waals surface area contributed by atoms with E-state index in [0.29, 0.717) is 36.4 Å². The lowest BCUT2D eigenvalue weighted by Gasteiger charge is -2.25. The Hall–Kier alpha value is -2.77. The van der Waals surface area contributed by atoms with Crippen LogP contribution in [0.3, 0.4) is 0 Å². The van der Waals surface area contributed by atoms with Gasteiger partial charge in [0.15, 0.2) is 11.5 Å². The van der Waals surface area contributed by atoms with E-state index in [9.17, 15) is 14.4 Å². The van der Waals surface area contributed by atoms with E-state index in [2.05, 4.69) is 5.32 Å². The van der Waals surface area contributed by atoms with Gasteiger partial charge < -0.3 is 24.8 Å². The Morgan fingerprint density at radius 1 is 1.31 bits per heavy atom. The number of hydrogen-bond acceptors (Lipinski definition) is 5. The van der Waals surface area contributed by atoms with E-state index in [-0.39, 0.29) is 31.1 Å². The molecular formula is C18H22N2O6. The molecule has 140 valence electrons. The fourth-order valence-electron chi connectivity index (χ4n) is 3.23. The second-order valence-electron chi connectivity index (χ2n) is 6.57. The van der Waals surface area contributed by atoms with Gasteiger partial charge in [0.1, 0.15) is 6.04 Å². The minimum atomic E-state index is -0.897. The summed E-state index contributed by atoms with van der Waals surface area (Å²) in [6.07, 6.45) is 1.68. The summed E-state index contributed by atoms with van der Waals surface area (Å²) in [6, 6.07) is 4.18. The van der Waals surface area contributed by atoms with Crippen LogP contribution in [0.4, 0.5) is 0 Å². The average Bonchev–Trinajstić information content (AvgIpc) is 3.27. The minimum Gasteiger partial charge on any atom is -0.481 e. The Bertz CT molecular complexity index is 720. The predicted octanol–water partition coefficient (Wildman–Crippen LogP) is 1.39. The number of carbonyl (C=O) groups excluding carboxylic acids is 2. The van der Waals surface area contributed by atoms with Crippen LogP contribution < -0.4 is 14.8 Å². The molecule has 0 bridgehead atoms. The molecule has 1 aromatic carbocycles. The van der Waals surface area contributed by atoms with Crippen molar-refractivity contribution in [1.29, 1.82) is 0 Å². The molecule has 1 fully saturated rings. The van der Waals surface area contributed by atoms with E-state index in [1.807, 2.05) is 0 Å². The molecule has 2 unspecified atom stereocenters. The molecule has 1 saturated heterocycles. The summed E-state index contributed by atoms with van der Waals surface area (Å²) in [4.78, 5) is 37.6. The summed E-state index contributed by atoms with van der Waals surface area (Å²) in [5, 5.41) is 11.5. The van der Waals surface area contributed by atoms with Gasteiger partial charge in [0.25, 0.3) is 5.91 Å². The van der Waals surface area contributed by atoms with Gasteiger partial charge in [-0.2, -0.15) is 0 Å². The molecule has 0 aromatic heterocycles. The van der Waals surface area contributed by atoms with Crippen LogP contribution in [-0.4, -0.2) is 53.2 Å². The number of hydrogen-bond donors (Lipinski definition) is 2. The molecule has 2 heterocycles. The van der Waals surface area contributed by atoms with Crippen molar-refractivity contribution in [1.82, 2.24) is 10.2 Å². The molecule has 0 saturated carbocycles. The van der Waals surface area contributed by atoms with E-state index in [0.717, 1.165) is 6.42 Å². The summed E-state index contributed by atoms with van der Waals surface area (Å²) in [7, 11) is 0. The number of benzene rings is 1. The van der Waals surface area contributed by atoms with Crippen LogP contribution >= 0.6 is 0 Å². The number of rotatable bonds is 6. The Kier molecular flexibility index (Phi) is 5.29. The standard InChI is InChI=1S/C18H22N2O6/c1-11(4-7-16(21)22)19-17(23)13-3-2-8-20(13)18(24)12-5-6-14-15(9-12)26-10-25-14/h5-6,9,11,13H,2-4,7-8,10H2,1H3,(H,19,23)(H,21,22). The van der Waals surface area contributed by atoms with Gasteiger partial charge in [-0.25, -0.2) is 0 Å². The predicted molar refractivity (Wildman–Crippen MR) is 91.1 cm³/mol. The maximum Gasteiger partial charge on any atom is 0.303 e. The van der Waals surface area contributed by atoms with Crippen molar-refractivity contribution in [2.45, 2.75) is 44.7 Å². The van der Waals surface area contributed by atoms with Crippen molar-refractivity contribution in [3.05, 3.63) is 23.8 Å². The second-order valence-corrected chi connectivity index (χ2v) is 6.57. The summed E-state index contributed by atoms with van der Waals surface area (Å²) >= 11 is 0.